The lowest BCUT2D eigenvalue weighted by Crippen LogP contribution is -2.35. The van der Waals surface area contributed by atoms with Gasteiger partial charge in [0.25, 0.3) is 5.91 Å². The van der Waals surface area contributed by atoms with Gasteiger partial charge >= 0.3 is 0 Å². The third-order valence-electron chi connectivity index (χ3n) is 3.81. The van der Waals surface area contributed by atoms with Gasteiger partial charge in [-0.15, -0.1) is 0 Å². The number of likely N-dealkylation sites (N-methyl/N-ethyl adjacent to an activating group) is 1. The van der Waals surface area contributed by atoms with Gasteiger partial charge in [-0.2, -0.15) is 0 Å². The fourth-order valence-electron chi connectivity index (χ4n) is 2.47. The predicted octanol–water partition coefficient (Wildman–Crippen LogP) is 3.61. The lowest BCUT2D eigenvalue weighted by molar-refractivity contribution is -0.116. The molecule has 29 heavy (non-hydrogen) atoms. The minimum atomic E-state index is -1.69. The molecule has 2 aromatic rings. The van der Waals surface area contributed by atoms with Gasteiger partial charge in [0.05, 0.1) is 25.4 Å². The number of hydrogen-bond donors (Lipinski definition) is 1. The molecule has 0 atom stereocenters. The Labute approximate surface area is 166 Å². The Morgan fingerprint density at radius 2 is 1.76 bits per heavy atom. The van der Waals surface area contributed by atoms with Crippen LogP contribution in [0.5, 0.6) is 11.5 Å². The molecule has 9 heteroatoms. The van der Waals surface area contributed by atoms with Crippen LogP contribution in [0.2, 0.25) is 0 Å². The van der Waals surface area contributed by atoms with Gasteiger partial charge in [-0.05, 0) is 44.2 Å². The van der Waals surface area contributed by atoms with E-state index < -0.39 is 41.5 Å². The van der Waals surface area contributed by atoms with Crippen LogP contribution in [0.1, 0.15) is 24.2 Å². The molecule has 2 rings (SSSR count). The summed E-state index contributed by atoms with van der Waals surface area (Å²) < 4.78 is 50.7. The lowest BCUT2D eigenvalue weighted by atomic mass is 10.1. The highest BCUT2D eigenvalue weighted by Crippen LogP contribution is 2.29. The first-order chi connectivity index (χ1) is 13.6. The van der Waals surface area contributed by atoms with Crippen molar-refractivity contribution >= 4 is 17.5 Å². The second kappa shape index (κ2) is 9.31. The molecule has 6 nitrogen and oxygen atoms in total. The number of nitrogens with one attached hydrogen (secondary N) is 1. The predicted molar refractivity (Wildman–Crippen MR) is 101 cm³/mol. The number of methoxy groups -OCH3 is 1. The van der Waals surface area contributed by atoms with Crippen molar-refractivity contribution in [3.8, 4) is 11.5 Å². The van der Waals surface area contributed by atoms with Crippen LogP contribution < -0.4 is 14.8 Å². The van der Waals surface area contributed by atoms with E-state index in [0.717, 1.165) is 11.0 Å². The molecule has 0 spiro atoms. The number of benzene rings is 2. The highest BCUT2D eigenvalue weighted by molar-refractivity contribution is 5.99. The molecule has 0 bridgehead atoms. The zero-order chi connectivity index (χ0) is 21.7. The Morgan fingerprint density at radius 3 is 2.38 bits per heavy atom. The molecule has 0 radical (unpaired) electrons. The molecule has 0 aliphatic heterocycles. The molecule has 0 aliphatic rings. The van der Waals surface area contributed by atoms with E-state index in [0.29, 0.717) is 17.6 Å². The number of carbonyl (C=O) groups excluding carboxylic acids is 2. The molecule has 0 aliphatic carbocycles. The van der Waals surface area contributed by atoms with E-state index in [4.69, 9.17) is 9.47 Å². The Morgan fingerprint density at radius 1 is 1.07 bits per heavy atom. The summed E-state index contributed by atoms with van der Waals surface area (Å²) in [7, 11) is 2.80. The second-order valence-electron chi connectivity index (χ2n) is 6.46. The molecule has 1 N–H and O–H groups in total. The highest BCUT2D eigenvalue weighted by Gasteiger charge is 2.20. The molecule has 0 heterocycles. The van der Waals surface area contributed by atoms with Gasteiger partial charge in [-0.3, -0.25) is 9.59 Å². The van der Waals surface area contributed by atoms with E-state index in [2.05, 4.69) is 5.32 Å². The summed E-state index contributed by atoms with van der Waals surface area (Å²) in [6, 6.07) is 6.16. The van der Waals surface area contributed by atoms with Crippen LogP contribution in [0.25, 0.3) is 0 Å². The van der Waals surface area contributed by atoms with Crippen LogP contribution in [-0.2, 0) is 4.79 Å². The van der Waals surface area contributed by atoms with E-state index in [9.17, 15) is 22.8 Å². The van der Waals surface area contributed by atoms with Crippen molar-refractivity contribution in [1.29, 1.82) is 0 Å². The molecule has 2 amide bonds. The molecule has 2 aromatic carbocycles. The molecule has 0 fully saturated rings. The number of rotatable bonds is 7. The Bertz CT molecular complexity index is 919. The average molecular weight is 410 g/mol. The summed E-state index contributed by atoms with van der Waals surface area (Å²) >= 11 is 0. The van der Waals surface area contributed by atoms with Gasteiger partial charge < -0.3 is 19.7 Å². The third kappa shape index (κ3) is 5.40. The fourth-order valence-corrected chi connectivity index (χ4v) is 2.47. The topological polar surface area (TPSA) is 67.9 Å². The molecule has 0 saturated heterocycles. The summed E-state index contributed by atoms with van der Waals surface area (Å²) in [5.74, 6) is -5.04. The summed E-state index contributed by atoms with van der Waals surface area (Å²) in [6.45, 7) is 3.26. The Hall–Kier alpha value is -3.23. The van der Waals surface area contributed by atoms with E-state index in [1.54, 1.807) is 6.07 Å². The van der Waals surface area contributed by atoms with Gasteiger partial charge in [0, 0.05) is 12.6 Å². The van der Waals surface area contributed by atoms with Gasteiger partial charge in [0.1, 0.15) is 0 Å². The quantitative estimate of drug-likeness (QED) is 0.708. The SMILES string of the molecule is COc1cc(C(=O)N(C)CC(=O)Nc2ccc(F)c(F)c2F)ccc1OC(C)C. The largest absolute Gasteiger partial charge is 0.493 e. The summed E-state index contributed by atoms with van der Waals surface area (Å²) in [5.41, 5.74) is -0.279. The summed E-state index contributed by atoms with van der Waals surface area (Å²) in [5, 5.41) is 2.11. The number of carbonyl (C=O) groups is 2. The first kappa shape index (κ1) is 22.1. The smallest absolute Gasteiger partial charge is 0.254 e. The van der Waals surface area contributed by atoms with Gasteiger partial charge in [-0.1, -0.05) is 0 Å². The van der Waals surface area contributed by atoms with Crippen molar-refractivity contribution < 1.29 is 32.2 Å². The van der Waals surface area contributed by atoms with Crippen LogP contribution in [0.15, 0.2) is 30.3 Å². The molecule has 156 valence electrons. The number of hydrogen-bond acceptors (Lipinski definition) is 4. The third-order valence-corrected chi connectivity index (χ3v) is 3.81. The molecular weight excluding hydrogens is 389 g/mol. The minimum absolute atomic E-state index is 0.0893. The molecule has 0 aromatic heterocycles. The van der Waals surface area contributed by atoms with Crippen LogP contribution >= 0.6 is 0 Å². The lowest BCUT2D eigenvalue weighted by Gasteiger charge is -2.19. The summed E-state index contributed by atoms with van der Waals surface area (Å²) in [4.78, 5) is 25.7. The number of ether oxygens (including phenoxy) is 2. The standard InChI is InChI=1S/C20H21F3N2O4/c1-11(2)29-15-8-5-12(9-16(15)28-4)20(27)25(3)10-17(26)24-14-7-6-13(21)18(22)19(14)23/h5-9,11H,10H2,1-4H3,(H,24,26). The number of anilines is 1. The summed E-state index contributed by atoms with van der Waals surface area (Å²) in [6.07, 6.45) is -0.0893. The molecule has 0 saturated carbocycles. The number of nitrogens with zero attached hydrogens (tertiary/aromatic N) is 1. The van der Waals surface area contributed by atoms with Crippen LogP contribution in [0.4, 0.5) is 18.9 Å². The Balaban J connectivity index is 2.08. The maximum atomic E-state index is 13.7. The normalized spacial score (nSPS) is 10.6. The van der Waals surface area contributed by atoms with E-state index >= 15 is 0 Å². The van der Waals surface area contributed by atoms with Crippen molar-refractivity contribution in [2.75, 3.05) is 26.0 Å². The average Bonchev–Trinajstić information content (AvgIpc) is 2.67. The van der Waals surface area contributed by atoms with Crippen molar-refractivity contribution in [1.82, 2.24) is 4.90 Å². The number of halogens is 3. The van der Waals surface area contributed by atoms with Crippen molar-refractivity contribution in [2.45, 2.75) is 20.0 Å². The zero-order valence-electron chi connectivity index (χ0n) is 16.4. The van der Waals surface area contributed by atoms with Crippen LogP contribution in [0.3, 0.4) is 0 Å². The first-order valence-corrected chi connectivity index (χ1v) is 8.67. The zero-order valence-corrected chi connectivity index (χ0v) is 16.4. The minimum Gasteiger partial charge on any atom is -0.493 e. The van der Waals surface area contributed by atoms with Crippen LogP contribution in [-0.4, -0.2) is 43.5 Å². The van der Waals surface area contributed by atoms with E-state index in [1.807, 2.05) is 13.8 Å². The Kier molecular flexibility index (Phi) is 7.08. The highest BCUT2D eigenvalue weighted by atomic mass is 19.2. The van der Waals surface area contributed by atoms with E-state index in [1.165, 1.54) is 26.3 Å². The van der Waals surface area contributed by atoms with Crippen molar-refractivity contribution in [2.24, 2.45) is 0 Å². The van der Waals surface area contributed by atoms with Gasteiger partial charge in [-0.25, -0.2) is 13.2 Å². The first-order valence-electron chi connectivity index (χ1n) is 8.67. The maximum Gasteiger partial charge on any atom is 0.254 e. The van der Waals surface area contributed by atoms with Gasteiger partial charge in [0.2, 0.25) is 5.91 Å². The monoisotopic (exact) mass is 410 g/mol. The fraction of sp³-hybridized carbons (Fsp3) is 0.300. The molecular formula is C20H21F3N2O4. The van der Waals surface area contributed by atoms with Crippen molar-refractivity contribution in [3.63, 3.8) is 0 Å². The van der Waals surface area contributed by atoms with E-state index in [-0.39, 0.29) is 11.7 Å². The van der Waals surface area contributed by atoms with Crippen LogP contribution in [0, 0.1) is 17.5 Å². The maximum absolute atomic E-state index is 13.7. The second-order valence-corrected chi connectivity index (χ2v) is 6.46. The van der Waals surface area contributed by atoms with Crippen molar-refractivity contribution in [3.05, 3.63) is 53.3 Å². The van der Waals surface area contributed by atoms with Gasteiger partial charge in [0.15, 0.2) is 29.0 Å². The number of amides is 2. The molecule has 0 unspecified atom stereocenters.